The van der Waals surface area contributed by atoms with Crippen LogP contribution in [0.1, 0.15) is 52.9 Å². The zero-order valence-electron chi connectivity index (χ0n) is 16.8. The van der Waals surface area contributed by atoms with Gasteiger partial charge >= 0.3 is 11.9 Å². The van der Waals surface area contributed by atoms with Gasteiger partial charge in [0.25, 0.3) is 11.5 Å². The third-order valence-corrected chi connectivity index (χ3v) is 5.33. The highest BCUT2D eigenvalue weighted by Gasteiger charge is 2.33. The number of pyridine rings is 1. The van der Waals surface area contributed by atoms with Crippen molar-refractivity contribution in [1.82, 2.24) is 14.5 Å². The summed E-state index contributed by atoms with van der Waals surface area (Å²) in [5.41, 5.74) is -1.67. The molecule has 2 aromatic heterocycles. The molecule has 1 aromatic carbocycles. The third-order valence-electron chi connectivity index (χ3n) is 5.33. The van der Waals surface area contributed by atoms with Crippen LogP contribution in [0.2, 0.25) is 0 Å². The Bertz CT molecular complexity index is 1320. The van der Waals surface area contributed by atoms with Crippen molar-refractivity contribution in [3.63, 3.8) is 0 Å². The first-order chi connectivity index (χ1) is 14.6. The Morgan fingerprint density at radius 3 is 2.58 bits per heavy atom. The quantitative estimate of drug-likeness (QED) is 0.659. The van der Waals surface area contributed by atoms with Gasteiger partial charge < -0.3 is 5.32 Å². The molecule has 31 heavy (non-hydrogen) atoms. The number of benzene rings is 1. The monoisotopic (exact) mass is 432 g/mol. The Labute approximate surface area is 173 Å². The van der Waals surface area contributed by atoms with Crippen LogP contribution < -0.4 is 16.6 Å². The van der Waals surface area contributed by atoms with E-state index in [-0.39, 0.29) is 40.3 Å². The number of amides is 1. The molecule has 1 saturated carbocycles. The van der Waals surface area contributed by atoms with Gasteiger partial charge in [-0.25, -0.2) is 9.78 Å². The number of aryl methyl sites for hydroxylation is 2. The van der Waals surface area contributed by atoms with Crippen LogP contribution in [-0.4, -0.2) is 20.4 Å². The number of nitrogens with zero attached hydrogens (tertiary/aromatic N) is 2. The van der Waals surface area contributed by atoms with E-state index in [4.69, 9.17) is 0 Å². The van der Waals surface area contributed by atoms with Gasteiger partial charge in [-0.2, -0.15) is 13.2 Å². The lowest BCUT2D eigenvalue weighted by atomic mass is 10.1. The fourth-order valence-corrected chi connectivity index (χ4v) is 3.56. The van der Waals surface area contributed by atoms with E-state index in [2.05, 4.69) is 15.3 Å². The molecule has 4 rings (SSSR count). The summed E-state index contributed by atoms with van der Waals surface area (Å²) in [7, 11) is 0. The molecule has 1 amide bonds. The lowest BCUT2D eigenvalue weighted by Crippen LogP contribution is -2.32. The number of aromatic amines is 1. The van der Waals surface area contributed by atoms with Crippen LogP contribution in [0.5, 0.6) is 0 Å². The first kappa shape index (κ1) is 20.8. The molecule has 0 radical (unpaired) electrons. The van der Waals surface area contributed by atoms with Crippen molar-refractivity contribution in [3.8, 4) is 0 Å². The summed E-state index contributed by atoms with van der Waals surface area (Å²) in [6, 6.07) is 4.96. The van der Waals surface area contributed by atoms with E-state index >= 15 is 0 Å². The number of rotatable bonds is 4. The molecule has 0 saturated heterocycles. The van der Waals surface area contributed by atoms with Crippen LogP contribution in [-0.2, 0) is 12.7 Å². The van der Waals surface area contributed by atoms with E-state index in [0.29, 0.717) is 5.69 Å². The van der Waals surface area contributed by atoms with Crippen molar-refractivity contribution in [3.05, 3.63) is 67.5 Å². The summed E-state index contributed by atoms with van der Waals surface area (Å²) in [5, 5.41) is 2.37. The van der Waals surface area contributed by atoms with Crippen LogP contribution in [0.3, 0.4) is 0 Å². The second-order valence-electron chi connectivity index (χ2n) is 7.55. The normalized spacial score (nSPS) is 14.1. The molecule has 0 atom stereocenters. The number of hydrogen-bond donors (Lipinski definition) is 2. The molecule has 1 aliphatic carbocycles. The van der Waals surface area contributed by atoms with Gasteiger partial charge in [-0.3, -0.25) is 19.1 Å². The maximum Gasteiger partial charge on any atom is 0.416 e. The average Bonchev–Trinajstić information content (AvgIpc) is 3.53. The standard InChI is InChI=1S/C21H19F3N4O3/c1-3-28-17-16(19(30)27-20(28)31)13(9-15(26-17)11-5-6-11)18(29)25-12-7-4-10(2)14(8-12)21(22,23)24/h4,7-9,11H,3,5-6H2,1-2H3,(H,25,29)(H,27,30,31). The molecule has 0 unspecified atom stereocenters. The van der Waals surface area contributed by atoms with Crippen molar-refractivity contribution in [2.24, 2.45) is 0 Å². The Morgan fingerprint density at radius 2 is 1.97 bits per heavy atom. The van der Waals surface area contributed by atoms with Crippen LogP contribution in [0.4, 0.5) is 18.9 Å². The van der Waals surface area contributed by atoms with Crippen molar-refractivity contribution >= 4 is 22.6 Å². The molecular weight excluding hydrogens is 413 g/mol. The molecule has 1 fully saturated rings. The zero-order chi connectivity index (χ0) is 22.5. The van der Waals surface area contributed by atoms with Crippen LogP contribution in [0.15, 0.2) is 33.9 Å². The van der Waals surface area contributed by atoms with Crippen molar-refractivity contribution < 1.29 is 18.0 Å². The number of anilines is 1. The summed E-state index contributed by atoms with van der Waals surface area (Å²) in [6.45, 7) is 3.26. The molecule has 10 heteroatoms. The fraction of sp³-hybridized carbons (Fsp3) is 0.333. The lowest BCUT2D eigenvalue weighted by molar-refractivity contribution is -0.138. The Balaban J connectivity index is 1.85. The topological polar surface area (TPSA) is 96.9 Å². The molecule has 0 aliphatic heterocycles. The Hall–Kier alpha value is -3.43. The first-order valence-electron chi connectivity index (χ1n) is 9.77. The number of aromatic nitrogens is 3. The average molecular weight is 432 g/mol. The Kier molecular flexibility index (Phi) is 4.95. The van der Waals surface area contributed by atoms with Gasteiger partial charge in [0.2, 0.25) is 0 Å². The number of carbonyl (C=O) groups excluding carboxylic acids is 1. The molecule has 162 valence electrons. The number of nitrogens with one attached hydrogen (secondary N) is 2. The van der Waals surface area contributed by atoms with Gasteiger partial charge in [-0.15, -0.1) is 0 Å². The van der Waals surface area contributed by atoms with E-state index < -0.39 is 28.9 Å². The summed E-state index contributed by atoms with van der Waals surface area (Å²) >= 11 is 0. The summed E-state index contributed by atoms with van der Waals surface area (Å²) in [5.74, 6) is -0.634. The van der Waals surface area contributed by atoms with E-state index in [1.54, 1.807) is 6.92 Å². The number of H-pyrrole nitrogens is 1. The second-order valence-corrected chi connectivity index (χ2v) is 7.55. The van der Waals surface area contributed by atoms with Gasteiger partial charge in [-0.05, 0) is 50.5 Å². The number of alkyl halides is 3. The summed E-state index contributed by atoms with van der Waals surface area (Å²) < 4.78 is 40.9. The molecular formula is C21H19F3N4O3. The maximum absolute atomic E-state index is 13.2. The number of hydrogen-bond acceptors (Lipinski definition) is 4. The van der Waals surface area contributed by atoms with E-state index in [0.717, 1.165) is 18.9 Å². The molecule has 3 aromatic rings. The smallest absolute Gasteiger partial charge is 0.322 e. The highest BCUT2D eigenvalue weighted by atomic mass is 19.4. The second kappa shape index (κ2) is 7.36. The van der Waals surface area contributed by atoms with E-state index in [1.165, 1.54) is 29.7 Å². The molecule has 1 aliphatic rings. The molecule has 0 spiro atoms. The predicted molar refractivity (Wildman–Crippen MR) is 108 cm³/mol. The Morgan fingerprint density at radius 1 is 1.26 bits per heavy atom. The lowest BCUT2D eigenvalue weighted by Gasteiger charge is -2.14. The highest BCUT2D eigenvalue weighted by Crippen LogP contribution is 2.40. The van der Waals surface area contributed by atoms with Crippen LogP contribution in [0.25, 0.3) is 11.0 Å². The highest BCUT2D eigenvalue weighted by molar-refractivity contribution is 6.11. The van der Waals surface area contributed by atoms with Crippen LogP contribution in [0, 0.1) is 6.92 Å². The van der Waals surface area contributed by atoms with Crippen LogP contribution >= 0.6 is 0 Å². The maximum atomic E-state index is 13.2. The van der Waals surface area contributed by atoms with Crippen molar-refractivity contribution in [1.29, 1.82) is 0 Å². The largest absolute Gasteiger partial charge is 0.416 e. The minimum Gasteiger partial charge on any atom is -0.322 e. The zero-order valence-corrected chi connectivity index (χ0v) is 16.8. The minimum absolute atomic E-state index is 0.0271. The SMILES string of the molecule is CCn1c(=O)[nH]c(=O)c2c(C(=O)Nc3ccc(C)c(C(F)(F)F)c3)cc(C3CC3)nc21. The van der Waals surface area contributed by atoms with Gasteiger partial charge in [0.15, 0.2) is 5.65 Å². The molecule has 2 heterocycles. The summed E-state index contributed by atoms with van der Waals surface area (Å²) in [6.07, 6.45) is -2.83. The number of halogens is 3. The fourth-order valence-electron chi connectivity index (χ4n) is 3.56. The minimum atomic E-state index is -4.57. The number of carbonyl (C=O) groups is 1. The third kappa shape index (κ3) is 3.85. The van der Waals surface area contributed by atoms with Gasteiger partial charge in [0.1, 0.15) is 0 Å². The number of fused-ring (bicyclic) bond motifs is 1. The van der Waals surface area contributed by atoms with Crippen molar-refractivity contribution in [2.45, 2.75) is 45.3 Å². The van der Waals surface area contributed by atoms with E-state index in [9.17, 15) is 27.6 Å². The predicted octanol–water partition coefficient (Wildman–Crippen LogP) is 3.56. The van der Waals surface area contributed by atoms with Crippen molar-refractivity contribution in [2.75, 3.05) is 5.32 Å². The van der Waals surface area contributed by atoms with Gasteiger partial charge in [-0.1, -0.05) is 6.07 Å². The molecule has 7 nitrogen and oxygen atoms in total. The molecule has 2 N–H and O–H groups in total. The van der Waals surface area contributed by atoms with E-state index in [1.807, 2.05) is 0 Å². The summed E-state index contributed by atoms with van der Waals surface area (Å²) in [4.78, 5) is 44.4. The van der Waals surface area contributed by atoms with Gasteiger partial charge in [0, 0.05) is 23.8 Å². The first-order valence-corrected chi connectivity index (χ1v) is 9.77. The molecule has 0 bridgehead atoms. The van der Waals surface area contributed by atoms with Gasteiger partial charge in [0.05, 0.1) is 16.5 Å².